The van der Waals surface area contributed by atoms with Gasteiger partial charge in [-0.2, -0.15) is 5.10 Å². The van der Waals surface area contributed by atoms with E-state index in [0.717, 1.165) is 30.5 Å². The number of fused-ring (bicyclic) bond motifs is 1. The van der Waals surface area contributed by atoms with E-state index in [1.54, 1.807) is 11.8 Å². The summed E-state index contributed by atoms with van der Waals surface area (Å²) in [5, 5.41) is 13.2. The molecule has 1 unspecified atom stereocenters. The minimum atomic E-state index is -0.944. The summed E-state index contributed by atoms with van der Waals surface area (Å²) in [6.45, 7) is 2.50. The average molecular weight is 224 g/mol. The second-order valence-electron chi connectivity index (χ2n) is 4.34. The van der Waals surface area contributed by atoms with Gasteiger partial charge in [0.25, 0.3) is 0 Å². The Labute approximate surface area is 94.0 Å². The Bertz CT molecular complexity index is 412. The molecule has 0 saturated heterocycles. The van der Waals surface area contributed by atoms with Crippen LogP contribution in [0.5, 0.6) is 0 Å². The number of ether oxygens (including phenoxy) is 1. The highest BCUT2D eigenvalue weighted by atomic mass is 16.5. The molecular formula is C11H16N2O3. The van der Waals surface area contributed by atoms with Crippen molar-refractivity contribution in [3.63, 3.8) is 0 Å². The molecule has 1 atom stereocenters. The smallest absolute Gasteiger partial charge is 0.356 e. The zero-order valence-electron chi connectivity index (χ0n) is 9.56. The summed E-state index contributed by atoms with van der Waals surface area (Å²) in [5.74, 6) is -0.359. The Morgan fingerprint density at radius 1 is 1.69 bits per heavy atom. The zero-order valence-corrected chi connectivity index (χ0v) is 9.56. The van der Waals surface area contributed by atoms with E-state index in [1.165, 1.54) is 0 Å². The first kappa shape index (κ1) is 11.1. The van der Waals surface area contributed by atoms with E-state index in [1.807, 2.05) is 0 Å². The highest BCUT2D eigenvalue weighted by molar-refractivity contribution is 5.87. The van der Waals surface area contributed by atoms with Crippen LogP contribution in [-0.4, -0.2) is 28.0 Å². The summed E-state index contributed by atoms with van der Waals surface area (Å²) in [4.78, 5) is 11.1. The van der Waals surface area contributed by atoms with E-state index in [0.29, 0.717) is 12.6 Å². The molecular weight excluding hydrogens is 208 g/mol. The van der Waals surface area contributed by atoms with Gasteiger partial charge in [-0.1, -0.05) is 6.92 Å². The van der Waals surface area contributed by atoms with Gasteiger partial charge in [0.15, 0.2) is 5.69 Å². The van der Waals surface area contributed by atoms with Crippen molar-refractivity contribution >= 4 is 5.97 Å². The van der Waals surface area contributed by atoms with E-state index in [9.17, 15) is 4.79 Å². The number of hydrogen-bond acceptors (Lipinski definition) is 3. The van der Waals surface area contributed by atoms with Crippen molar-refractivity contribution in [1.82, 2.24) is 9.78 Å². The lowest BCUT2D eigenvalue weighted by molar-refractivity contribution is 0.0684. The summed E-state index contributed by atoms with van der Waals surface area (Å²) < 4.78 is 6.70. The van der Waals surface area contributed by atoms with Crippen LogP contribution in [0.1, 0.15) is 35.1 Å². The Balaban J connectivity index is 2.44. The Morgan fingerprint density at radius 2 is 2.44 bits per heavy atom. The molecule has 1 aromatic rings. The van der Waals surface area contributed by atoms with Crippen LogP contribution < -0.4 is 0 Å². The molecule has 1 heterocycles. The van der Waals surface area contributed by atoms with Crippen molar-refractivity contribution in [3.8, 4) is 0 Å². The van der Waals surface area contributed by atoms with Gasteiger partial charge < -0.3 is 9.84 Å². The topological polar surface area (TPSA) is 64.4 Å². The first-order valence-electron chi connectivity index (χ1n) is 5.44. The van der Waals surface area contributed by atoms with Gasteiger partial charge in [-0.05, 0) is 25.2 Å². The normalized spacial score (nSPS) is 19.5. The van der Waals surface area contributed by atoms with Crippen LogP contribution in [0.25, 0.3) is 0 Å². The second kappa shape index (κ2) is 4.25. The molecule has 0 saturated carbocycles. The number of carboxylic acid groups (broad SMARTS) is 1. The van der Waals surface area contributed by atoms with Crippen LogP contribution in [-0.2, 0) is 24.3 Å². The first-order chi connectivity index (χ1) is 7.63. The van der Waals surface area contributed by atoms with E-state index < -0.39 is 5.97 Å². The maximum absolute atomic E-state index is 11.1. The lowest BCUT2D eigenvalue weighted by Crippen LogP contribution is -2.16. The number of hydrogen-bond donors (Lipinski definition) is 1. The molecule has 88 valence electrons. The minimum absolute atomic E-state index is 0.193. The average Bonchev–Trinajstić information content (AvgIpc) is 2.58. The van der Waals surface area contributed by atoms with Crippen LogP contribution in [0.15, 0.2) is 0 Å². The maximum Gasteiger partial charge on any atom is 0.356 e. The van der Waals surface area contributed by atoms with Gasteiger partial charge in [0, 0.05) is 18.4 Å². The van der Waals surface area contributed by atoms with Crippen molar-refractivity contribution in [2.45, 2.75) is 32.9 Å². The van der Waals surface area contributed by atoms with Crippen molar-refractivity contribution < 1.29 is 14.6 Å². The van der Waals surface area contributed by atoms with Crippen molar-refractivity contribution in [3.05, 3.63) is 17.0 Å². The maximum atomic E-state index is 11.1. The van der Waals surface area contributed by atoms with Crippen molar-refractivity contribution in [2.75, 3.05) is 7.11 Å². The molecule has 0 radical (unpaired) electrons. The monoisotopic (exact) mass is 224 g/mol. The quantitative estimate of drug-likeness (QED) is 0.840. The Hall–Kier alpha value is -1.36. The van der Waals surface area contributed by atoms with Crippen LogP contribution in [0, 0.1) is 5.92 Å². The molecule has 1 N–H and O–H groups in total. The standard InChI is InChI=1S/C11H16N2O3/c1-7-3-4-8-9(5-7)13(6-16-2)12-10(8)11(14)15/h7H,3-6H2,1-2H3,(H,14,15). The number of aromatic nitrogens is 2. The van der Waals surface area contributed by atoms with Gasteiger partial charge >= 0.3 is 5.97 Å². The molecule has 16 heavy (non-hydrogen) atoms. The third kappa shape index (κ3) is 1.82. The molecule has 0 fully saturated rings. The summed E-state index contributed by atoms with van der Waals surface area (Å²) in [7, 11) is 1.58. The van der Waals surface area contributed by atoms with E-state index in [-0.39, 0.29) is 5.69 Å². The van der Waals surface area contributed by atoms with Crippen LogP contribution in [0.3, 0.4) is 0 Å². The SMILES string of the molecule is COCn1nc(C(=O)O)c2c1CC(C)CC2. The number of aromatic carboxylic acids is 1. The molecule has 0 bridgehead atoms. The molecule has 2 rings (SSSR count). The summed E-state index contributed by atoms with van der Waals surface area (Å²) in [6.07, 6.45) is 2.73. The predicted molar refractivity (Wildman–Crippen MR) is 57.4 cm³/mol. The Morgan fingerprint density at radius 3 is 3.06 bits per heavy atom. The minimum Gasteiger partial charge on any atom is -0.476 e. The van der Waals surface area contributed by atoms with Crippen LogP contribution in [0.2, 0.25) is 0 Å². The molecule has 1 aliphatic rings. The lowest BCUT2D eigenvalue weighted by atomic mass is 9.88. The summed E-state index contributed by atoms with van der Waals surface area (Å²) >= 11 is 0. The molecule has 0 spiro atoms. The summed E-state index contributed by atoms with van der Waals surface area (Å²) in [5.41, 5.74) is 2.11. The number of carboxylic acids is 1. The number of nitrogens with zero attached hydrogens (tertiary/aromatic N) is 2. The molecule has 0 aromatic carbocycles. The van der Waals surface area contributed by atoms with Gasteiger partial charge in [-0.3, -0.25) is 0 Å². The van der Waals surface area contributed by atoms with Gasteiger partial charge in [-0.15, -0.1) is 0 Å². The van der Waals surface area contributed by atoms with E-state index in [4.69, 9.17) is 9.84 Å². The fourth-order valence-electron chi connectivity index (χ4n) is 2.25. The van der Waals surface area contributed by atoms with Gasteiger partial charge in [0.05, 0.1) is 0 Å². The van der Waals surface area contributed by atoms with E-state index >= 15 is 0 Å². The predicted octanol–water partition coefficient (Wildman–Crippen LogP) is 1.31. The second-order valence-corrected chi connectivity index (χ2v) is 4.34. The fourth-order valence-corrected chi connectivity index (χ4v) is 2.25. The first-order valence-corrected chi connectivity index (χ1v) is 5.44. The molecule has 1 aliphatic carbocycles. The lowest BCUT2D eigenvalue weighted by Gasteiger charge is -2.19. The molecule has 1 aromatic heterocycles. The molecule has 5 nitrogen and oxygen atoms in total. The number of rotatable bonds is 3. The van der Waals surface area contributed by atoms with Crippen LogP contribution in [0.4, 0.5) is 0 Å². The number of methoxy groups -OCH3 is 1. The van der Waals surface area contributed by atoms with Gasteiger partial charge in [0.1, 0.15) is 6.73 Å². The van der Waals surface area contributed by atoms with Crippen molar-refractivity contribution in [1.29, 1.82) is 0 Å². The summed E-state index contributed by atoms with van der Waals surface area (Å²) in [6, 6.07) is 0. The third-order valence-electron chi connectivity index (χ3n) is 3.05. The number of carbonyl (C=O) groups is 1. The Kier molecular flexibility index (Phi) is 2.96. The zero-order chi connectivity index (χ0) is 11.7. The fraction of sp³-hybridized carbons (Fsp3) is 0.636. The van der Waals surface area contributed by atoms with Crippen molar-refractivity contribution in [2.24, 2.45) is 5.92 Å². The molecule has 5 heteroatoms. The molecule has 0 amide bonds. The van der Waals surface area contributed by atoms with Gasteiger partial charge in [-0.25, -0.2) is 9.48 Å². The van der Waals surface area contributed by atoms with Crippen LogP contribution >= 0.6 is 0 Å². The molecule has 0 aliphatic heterocycles. The van der Waals surface area contributed by atoms with Gasteiger partial charge in [0.2, 0.25) is 0 Å². The highest BCUT2D eigenvalue weighted by Crippen LogP contribution is 2.27. The third-order valence-corrected chi connectivity index (χ3v) is 3.05. The largest absolute Gasteiger partial charge is 0.476 e. The highest BCUT2D eigenvalue weighted by Gasteiger charge is 2.26. The van der Waals surface area contributed by atoms with E-state index in [2.05, 4.69) is 12.0 Å².